The molecule has 3 aromatic rings. The van der Waals surface area contributed by atoms with E-state index in [1.165, 1.54) is 6.20 Å². The average molecular weight is 427 g/mol. The SMILES string of the molecule is Cc1cc(Nc2cnc(C(=O)NC3CCNCC3)c(Nc3ccc(Cl)cc3)n2)n[nH]1. The Balaban J connectivity index is 1.59. The van der Waals surface area contributed by atoms with Gasteiger partial charge in [-0.05, 0) is 57.1 Å². The molecule has 0 saturated carbocycles. The number of piperidine rings is 1. The monoisotopic (exact) mass is 426 g/mol. The molecule has 5 N–H and O–H groups in total. The van der Waals surface area contributed by atoms with Crippen molar-refractivity contribution in [1.29, 1.82) is 0 Å². The third kappa shape index (κ3) is 5.05. The molecular formula is C20H23ClN8O. The zero-order valence-electron chi connectivity index (χ0n) is 16.5. The van der Waals surface area contributed by atoms with E-state index in [9.17, 15) is 4.79 Å². The second-order valence-corrected chi connectivity index (χ2v) is 7.58. The van der Waals surface area contributed by atoms with Gasteiger partial charge in [-0.3, -0.25) is 9.89 Å². The summed E-state index contributed by atoms with van der Waals surface area (Å²) < 4.78 is 0. The Labute approximate surface area is 179 Å². The minimum Gasteiger partial charge on any atom is -0.348 e. The number of aryl methyl sites for hydroxylation is 1. The zero-order valence-corrected chi connectivity index (χ0v) is 17.3. The van der Waals surface area contributed by atoms with Gasteiger partial charge in [0.05, 0.1) is 6.20 Å². The van der Waals surface area contributed by atoms with Gasteiger partial charge in [0.2, 0.25) is 0 Å². The van der Waals surface area contributed by atoms with Crippen LogP contribution in [0.2, 0.25) is 5.02 Å². The van der Waals surface area contributed by atoms with Gasteiger partial charge in [0, 0.05) is 28.5 Å². The lowest BCUT2D eigenvalue weighted by Gasteiger charge is -2.23. The van der Waals surface area contributed by atoms with Crippen LogP contribution in [0.4, 0.5) is 23.1 Å². The van der Waals surface area contributed by atoms with Crippen molar-refractivity contribution in [3.05, 3.63) is 52.9 Å². The number of halogens is 1. The number of carbonyl (C=O) groups excluding carboxylic acids is 1. The van der Waals surface area contributed by atoms with Crippen LogP contribution in [0.1, 0.15) is 29.0 Å². The van der Waals surface area contributed by atoms with Gasteiger partial charge >= 0.3 is 0 Å². The van der Waals surface area contributed by atoms with Crippen LogP contribution in [-0.4, -0.2) is 45.2 Å². The van der Waals surface area contributed by atoms with Gasteiger partial charge in [-0.1, -0.05) is 11.6 Å². The molecule has 1 aromatic carbocycles. The van der Waals surface area contributed by atoms with Crippen molar-refractivity contribution < 1.29 is 4.79 Å². The number of anilines is 4. The summed E-state index contributed by atoms with van der Waals surface area (Å²) in [5.74, 6) is 1.18. The first-order valence-electron chi connectivity index (χ1n) is 9.77. The Hall–Kier alpha value is -3.17. The summed E-state index contributed by atoms with van der Waals surface area (Å²) in [6.45, 7) is 3.68. The highest BCUT2D eigenvalue weighted by molar-refractivity contribution is 6.30. The summed E-state index contributed by atoms with van der Waals surface area (Å²) in [5, 5.41) is 20.3. The van der Waals surface area contributed by atoms with Crippen molar-refractivity contribution in [1.82, 2.24) is 30.8 Å². The van der Waals surface area contributed by atoms with Crippen molar-refractivity contribution >= 4 is 40.6 Å². The smallest absolute Gasteiger partial charge is 0.273 e. The number of benzene rings is 1. The van der Waals surface area contributed by atoms with Gasteiger partial charge in [0.15, 0.2) is 23.1 Å². The number of H-pyrrole nitrogens is 1. The van der Waals surface area contributed by atoms with Crippen molar-refractivity contribution in [2.75, 3.05) is 23.7 Å². The Morgan fingerprint density at radius 2 is 1.90 bits per heavy atom. The molecule has 30 heavy (non-hydrogen) atoms. The summed E-state index contributed by atoms with van der Waals surface area (Å²) in [4.78, 5) is 21.9. The molecule has 0 spiro atoms. The second-order valence-electron chi connectivity index (χ2n) is 7.14. The van der Waals surface area contributed by atoms with E-state index in [2.05, 4.69) is 41.4 Å². The van der Waals surface area contributed by atoms with Crippen LogP contribution in [0.25, 0.3) is 0 Å². The summed E-state index contributed by atoms with van der Waals surface area (Å²) in [7, 11) is 0. The highest BCUT2D eigenvalue weighted by Crippen LogP contribution is 2.23. The van der Waals surface area contributed by atoms with E-state index in [4.69, 9.17) is 11.6 Å². The molecule has 0 aliphatic carbocycles. The summed E-state index contributed by atoms with van der Waals surface area (Å²) >= 11 is 5.98. The van der Waals surface area contributed by atoms with E-state index in [0.29, 0.717) is 22.5 Å². The third-order valence-corrected chi connectivity index (χ3v) is 4.98. The van der Waals surface area contributed by atoms with Crippen molar-refractivity contribution in [2.45, 2.75) is 25.8 Å². The van der Waals surface area contributed by atoms with Crippen LogP contribution in [-0.2, 0) is 0 Å². The first-order valence-corrected chi connectivity index (χ1v) is 10.1. The predicted octanol–water partition coefficient (Wildman–Crippen LogP) is 3.13. The third-order valence-electron chi connectivity index (χ3n) is 4.73. The number of hydrogen-bond donors (Lipinski definition) is 5. The Morgan fingerprint density at radius 1 is 1.13 bits per heavy atom. The molecule has 2 aromatic heterocycles. The lowest BCUT2D eigenvalue weighted by atomic mass is 10.1. The number of rotatable bonds is 6. The highest BCUT2D eigenvalue weighted by atomic mass is 35.5. The lowest BCUT2D eigenvalue weighted by molar-refractivity contribution is 0.0925. The molecule has 1 aliphatic heterocycles. The molecule has 1 fully saturated rings. The maximum Gasteiger partial charge on any atom is 0.273 e. The number of amides is 1. The van der Waals surface area contributed by atoms with Crippen molar-refractivity contribution in [3.8, 4) is 0 Å². The van der Waals surface area contributed by atoms with Crippen molar-refractivity contribution in [2.24, 2.45) is 0 Å². The van der Waals surface area contributed by atoms with Gasteiger partial charge in [-0.15, -0.1) is 0 Å². The minimum atomic E-state index is -0.256. The molecule has 4 rings (SSSR count). The lowest BCUT2D eigenvalue weighted by Crippen LogP contribution is -2.43. The number of aromatic nitrogens is 4. The number of carbonyl (C=O) groups is 1. The Morgan fingerprint density at radius 3 is 2.60 bits per heavy atom. The minimum absolute atomic E-state index is 0.119. The molecule has 0 bridgehead atoms. The van der Waals surface area contributed by atoms with E-state index < -0.39 is 0 Å². The fourth-order valence-corrected chi connectivity index (χ4v) is 3.33. The van der Waals surface area contributed by atoms with Gasteiger partial charge in [0.25, 0.3) is 5.91 Å². The topological polar surface area (TPSA) is 120 Å². The molecule has 10 heteroatoms. The summed E-state index contributed by atoms with van der Waals surface area (Å²) in [6, 6.07) is 9.13. The van der Waals surface area contributed by atoms with Crippen LogP contribution < -0.4 is 21.3 Å². The quantitative estimate of drug-likeness (QED) is 0.410. The number of nitrogens with one attached hydrogen (secondary N) is 5. The largest absolute Gasteiger partial charge is 0.348 e. The summed E-state index contributed by atoms with van der Waals surface area (Å²) in [5.41, 5.74) is 1.90. The normalized spacial score (nSPS) is 14.3. The molecular weight excluding hydrogens is 404 g/mol. The van der Waals surface area contributed by atoms with Crippen LogP contribution >= 0.6 is 11.6 Å². The summed E-state index contributed by atoms with van der Waals surface area (Å²) in [6.07, 6.45) is 3.29. The molecule has 1 aliphatic rings. The molecule has 9 nitrogen and oxygen atoms in total. The maximum atomic E-state index is 12.9. The Bertz CT molecular complexity index is 1010. The maximum absolute atomic E-state index is 12.9. The number of aromatic amines is 1. The predicted molar refractivity (Wildman–Crippen MR) is 117 cm³/mol. The van der Waals surface area contributed by atoms with Gasteiger partial charge in [0.1, 0.15) is 0 Å². The Kier molecular flexibility index (Phi) is 6.10. The molecule has 0 radical (unpaired) electrons. The first-order chi connectivity index (χ1) is 14.6. The van der Waals surface area contributed by atoms with Crippen LogP contribution in [0.3, 0.4) is 0 Å². The van der Waals surface area contributed by atoms with E-state index in [-0.39, 0.29) is 17.6 Å². The number of hydrogen-bond acceptors (Lipinski definition) is 7. The highest BCUT2D eigenvalue weighted by Gasteiger charge is 2.21. The van der Waals surface area contributed by atoms with E-state index in [1.807, 2.05) is 25.1 Å². The van der Waals surface area contributed by atoms with E-state index >= 15 is 0 Å². The van der Waals surface area contributed by atoms with Crippen LogP contribution in [0.15, 0.2) is 36.5 Å². The van der Waals surface area contributed by atoms with Gasteiger partial charge in [-0.2, -0.15) is 5.10 Å². The molecule has 1 amide bonds. The first kappa shape index (κ1) is 20.1. The average Bonchev–Trinajstić information content (AvgIpc) is 3.15. The molecule has 3 heterocycles. The molecule has 1 saturated heterocycles. The molecule has 0 atom stereocenters. The zero-order chi connectivity index (χ0) is 20.9. The van der Waals surface area contributed by atoms with E-state index in [1.54, 1.807) is 12.1 Å². The second kappa shape index (κ2) is 9.10. The molecule has 156 valence electrons. The van der Waals surface area contributed by atoms with Crippen LogP contribution in [0, 0.1) is 6.92 Å². The standard InChI is InChI=1S/C20H23ClN8O/c1-12-10-16(29-28-12)26-17-11-23-18(20(30)25-15-6-8-22-9-7-15)19(27-17)24-14-4-2-13(21)3-5-14/h2-5,10-11,15,22H,6-9H2,1H3,(H,25,30)(H3,24,26,27,28,29). The van der Waals surface area contributed by atoms with Crippen molar-refractivity contribution in [3.63, 3.8) is 0 Å². The molecule has 0 unspecified atom stereocenters. The van der Waals surface area contributed by atoms with Gasteiger partial charge in [-0.25, -0.2) is 9.97 Å². The fourth-order valence-electron chi connectivity index (χ4n) is 3.21. The number of nitrogens with zero attached hydrogens (tertiary/aromatic N) is 3. The van der Waals surface area contributed by atoms with Crippen LogP contribution in [0.5, 0.6) is 0 Å². The fraction of sp³-hybridized carbons (Fsp3) is 0.300. The van der Waals surface area contributed by atoms with E-state index in [0.717, 1.165) is 37.3 Å². The van der Waals surface area contributed by atoms with Gasteiger partial charge < -0.3 is 21.3 Å².